The van der Waals surface area contributed by atoms with Gasteiger partial charge >= 0.3 is 29.8 Å². The second-order valence-electron chi connectivity index (χ2n) is 6.12. The fourth-order valence-corrected chi connectivity index (χ4v) is 2.00. The normalized spacial score (nSPS) is 18.8. The number of carboxylic acids is 5. The van der Waals surface area contributed by atoms with Crippen molar-refractivity contribution >= 4 is 35.6 Å². The average Bonchev–Trinajstić information content (AvgIpc) is 3.35. The minimum atomic E-state index is -1.38. The minimum Gasteiger partial charge on any atom is -0.481 e. The smallest absolute Gasteiger partial charge is 0.371 e. The van der Waals surface area contributed by atoms with Crippen LogP contribution in [-0.2, 0) is 28.8 Å². The van der Waals surface area contributed by atoms with Crippen LogP contribution in [0.3, 0.4) is 0 Å². The average molecular weight is 436 g/mol. The lowest BCUT2D eigenvalue weighted by molar-refractivity contribution is -0.148. The molecule has 30 heavy (non-hydrogen) atoms. The van der Waals surface area contributed by atoms with E-state index >= 15 is 0 Å². The minimum absolute atomic E-state index is 0.269. The molecule has 0 aromatic heterocycles. The Morgan fingerprint density at radius 1 is 0.700 bits per heavy atom. The standard InChI is InChI=1S/2C5H9NO2.C4H6O4.C3H4O3/c2*7-5(8)4-2-1-3-6-4;5-3(6)1-2-4(7)8;1-2(4)3(5)6/h2*4,6H,1-3H2,(H,7,8);1-2H2,(H,5,6)(H,7,8);1H3,(H,5,6). The van der Waals surface area contributed by atoms with E-state index in [2.05, 4.69) is 10.6 Å². The summed E-state index contributed by atoms with van der Waals surface area (Å²) in [4.78, 5) is 58.5. The van der Waals surface area contributed by atoms with Crippen LogP contribution in [0, 0.1) is 0 Å². The van der Waals surface area contributed by atoms with Gasteiger partial charge in [-0.05, 0) is 38.8 Å². The second kappa shape index (κ2) is 16.9. The van der Waals surface area contributed by atoms with E-state index in [1.165, 1.54) is 0 Å². The number of carboxylic acid groups (broad SMARTS) is 5. The van der Waals surface area contributed by atoms with Crippen molar-refractivity contribution in [1.29, 1.82) is 0 Å². The van der Waals surface area contributed by atoms with Crippen molar-refractivity contribution in [3.63, 3.8) is 0 Å². The van der Waals surface area contributed by atoms with Crippen LogP contribution >= 0.6 is 0 Å². The summed E-state index contributed by atoms with van der Waals surface area (Å²) in [6.07, 6.45) is 2.98. The molecule has 0 saturated carbocycles. The Hall–Kier alpha value is -3.06. The van der Waals surface area contributed by atoms with E-state index in [0.717, 1.165) is 45.7 Å². The van der Waals surface area contributed by atoms with Gasteiger partial charge < -0.3 is 36.2 Å². The molecule has 13 nitrogen and oxygen atoms in total. The summed E-state index contributed by atoms with van der Waals surface area (Å²) in [5, 5.41) is 45.9. The van der Waals surface area contributed by atoms with Crippen LogP contribution in [0.4, 0.5) is 0 Å². The summed E-state index contributed by atoms with van der Waals surface area (Å²) in [5.74, 6) is -5.80. The van der Waals surface area contributed by atoms with E-state index in [9.17, 15) is 28.8 Å². The van der Waals surface area contributed by atoms with E-state index in [1.54, 1.807) is 0 Å². The lowest BCUT2D eigenvalue weighted by Gasteiger charge is -1.99. The van der Waals surface area contributed by atoms with Crippen LogP contribution in [0.25, 0.3) is 0 Å². The van der Waals surface area contributed by atoms with E-state index < -0.39 is 35.6 Å². The van der Waals surface area contributed by atoms with E-state index in [1.807, 2.05) is 0 Å². The van der Waals surface area contributed by atoms with Gasteiger partial charge in [0.25, 0.3) is 0 Å². The molecule has 0 amide bonds. The van der Waals surface area contributed by atoms with Gasteiger partial charge in [-0.25, -0.2) is 4.79 Å². The summed E-state index contributed by atoms with van der Waals surface area (Å²) >= 11 is 0. The molecule has 0 radical (unpaired) electrons. The molecule has 2 aliphatic heterocycles. The number of ketones is 1. The largest absolute Gasteiger partial charge is 0.481 e. The fraction of sp³-hybridized carbons (Fsp3) is 0.647. The lowest BCUT2D eigenvalue weighted by atomic mass is 10.2. The Bertz CT molecular complexity index is 543. The summed E-state index contributed by atoms with van der Waals surface area (Å²) in [6.45, 7) is 2.72. The summed E-state index contributed by atoms with van der Waals surface area (Å²) in [5.41, 5.74) is 0. The molecule has 13 heteroatoms. The van der Waals surface area contributed by atoms with Crippen molar-refractivity contribution < 1.29 is 54.3 Å². The number of rotatable bonds is 6. The van der Waals surface area contributed by atoms with Crippen LogP contribution in [0.2, 0.25) is 0 Å². The summed E-state index contributed by atoms with van der Waals surface area (Å²) in [6, 6.07) is -0.537. The van der Waals surface area contributed by atoms with Gasteiger partial charge in [-0.15, -0.1) is 0 Å². The number of carbonyl (C=O) groups is 6. The molecule has 172 valence electrons. The number of hydrogen-bond acceptors (Lipinski definition) is 8. The molecule has 0 aromatic rings. The highest BCUT2D eigenvalue weighted by Gasteiger charge is 2.20. The third-order valence-electron chi connectivity index (χ3n) is 3.57. The second-order valence-corrected chi connectivity index (χ2v) is 6.12. The maximum atomic E-state index is 10.1. The number of hydrogen-bond donors (Lipinski definition) is 7. The zero-order chi connectivity index (χ0) is 23.7. The third kappa shape index (κ3) is 18.3. The zero-order valence-electron chi connectivity index (χ0n) is 16.5. The highest BCUT2D eigenvalue weighted by molar-refractivity contribution is 6.31. The van der Waals surface area contributed by atoms with E-state index in [-0.39, 0.29) is 24.9 Å². The molecule has 2 rings (SSSR count). The number of carbonyl (C=O) groups excluding carboxylic acids is 1. The van der Waals surface area contributed by atoms with Crippen LogP contribution in [-0.4, -0.2) is 86.3 Å². The van der Waals surface area contributed by atoms with Crippen molar-refractivity contribution in [2.75, 3.05) is 13.1 Å². The first kappa shape index (κ1) is 29.1. The molecule has 7 N–H and O–H groups in total. The van der Waals surface area contributed by atoms with Crippen LogP contribution in [0.1, 0.15) is 45.4 Å². The quantitative estimate of drug-likeness (QED) is 0.254. The monoisotopic (exact) mass is 436 g/mol. The summed E-state index contributed by atoms with van der Waals surface area (Å²) < 4.78 is 0. The fourth-order valence-electron chi connectivity index (χ4n) is 2.00. The predicted octanol–water partition coefficient (Wildman–Crippen LogP) is -0.758. The molecule has 2 unspecified atom stereocenters. The van der Waals surface area contributed by atoms with Gasteiger partial charge in [-0.2, -0.15) is 0 Å². The van der Waals surface area contributed by atoms with Crippen molar-refractivity contribution in [1.82, 2.24) is 10.6 Å². The molecule has 0 aliphatic carbocycles. The van der Waals surface area contributed by atoms with Crippen molar-refractivity contribution in [3.05, 3.63) is 0 Å². The van der Waals surface area contributed by atoms with Gasteiger partial charge in [-0.3, -0.25) is 24.0 Å². The van der Waals surface area contributed by atoms with Crippen LogP contribution in [0.15, 0.2) is 0 Å². The Morgan fingerprint density at radius 2 is 1.00 bits per heavy atom. The first-order valence-corrected chi connectivity index (χ1v) is 8.98. The predicted molar refractivity (Wildman–Crippen MR) is 100 cm³/mol. The van der Waals surface area contributed by atoms with Gasteiger partial charge in [0.05, 0.1) is 12.8 Å². The maximum Gasteiger partial charge on any atom is 0.371 e. The van der Waals surface area contributed by atoms with Gasteiger partial charge in [0.2, 0.25) is 5.78 Å². The van der Waals surface area contributed by atoms with Crippen LogP contribution in [0.5, 0.6) is 0 Å². The summed E-state index contributed by atoms with van der Waals surface area (Å²) in [7, 11) is 0. The maximum absolute atomic E-state index is 10.1. The molecule has 2 fully saturated rings. The molecule has 0 aromatic carbocycles. The Morgan fingerprint density at radius 3 is 1.10 bits per heavy atom. The SMILES string of the molecule is CC(=O)C(=O)O.O=C(O)C1CCCN1.O=C(O)C1CCCN1.O=C(O)CCC(=O)O. The van der Waals surface area contributed by atoms with E-state index in [4.69, 9.17) is 25.5 Å². The first-order valence-electron chi connectivity index (χ1n) is 8.98. The zero-order valence-corrected chi connectivity index (χ0v) is 16.5. The Kier molecular flexibility index (Phi) is 16.4. The van der Waals surface area contributed by atoms with E-state index in [0.29, 0.717) is 0 Å². The molecule has 2 aliphatic rings. The molecule has 2 saturated heterocycles. The third-order valence-corrected chi connectivity index (χ3v) is 3.57. The molecular formula is C17H28N2O11. The van der Waals surface area contributed by atoms with Crippen molar-refractivity contribution in [2.24, 2.45) is 0 Å². The molecule has 0 bridgehead atoms. The number of Topliss-reactive ketones (excluding diaryl/α,β-unsaturated/α-hetero) is 1. The molecular weight excluding hydrogens is 408 g/mol. The van der Waals surface area contributed by atoms with Crippen LogP contribution < -0.4 is 10.6 Å². The van der Waals surface area contributed by atoms with Gasteiger partial charge in [-0.1, -0.05) is 0 Å². The molecule has 2 heterocycles. The molecule has 2 atom stereocenters. The number of nitrogens with one attached hydrogen (secondary N) is 2. The highest BCUT2D eigenvalue weighted by Crippen LogP contribution is 2.04. The molecule has 0 spiro atoms. The topological polar surface area (TPSA) is 228 Å². The van der Waals surface area contributed by atoms with Crippen molar-refractivity contribution in [3.8, 4) is 0 Å². The van der Waals surface area contributed by atoms with Gasteiger partial charge in [0.15, 0.2) is 0 Å². The lowest BCUT2D eigenvalue weighted by Crippen LogP contribution is -2.29. The van der Waals surface area contributed by atoms with Crippen molar-refractivity contribution in [2.45, 2.75) is 57.5 Å². The first-order chi connectivity index (χ1) is 13.9. The van der Waals surface area contributed by atoms with Gasteiger partial charge in [0.1, 0.15) is 12.1 Å². The Balaban J connectivity index is 0. The Labute approximate surface area is 172 Å². The van der Waals surface area contributed by atoms with Gasteiger partial charge in [0, 0.05) is 6.92 Å². The highest BCUT2D eigenvalue weighted by atomic mass is 16.4. The number of aliphatic carboxylic acids is 5.